The second kappa shape index (κ2) is 6.02. The van der Waals surface area contributed by atoms with Crippen molar-refractivity contribution < 1.29 is 9.84 Å². The van der Waals surface area contributed by atoms with Gasteiger partial charge in [-0.2, -0.15) is 11.3 Å². The van der Waals surface area contributed by atoms with E-state index in [1.54, 1.807) is 30.6 Å². The summed E-state index contributed by atoms with van der Waals surface area (Å²) in [5, 5.41) is 15.1. The van der Waals surface area contributed by atoms with Crippen LogP contribution in [0.1, 0.15) is 11.1 Å². The zero-order valence-corrected chi connectivity index (χ0v) is 13.9. The second-order valence-corrected chi connectivity index (χ2v) is 6.44. The molecule has 0 spiro atoms. The number of thiophene rings is 1. The monoisotopic (exact) mass is 336 g/mol. The molecule has 120 valence electrons. The van der Waals surface area contributed by atoms with Crippen molar-refractivity contribution in [1.82, 2.24) is 9.97 Å². The van der Waals surface area contributed by atoms with Crippen molar-refractivity contribution in [1.29, 1.82) is 0 Å². The third kappa shape index (κ3) is 2.74. The third-order valence-electron chi connectivity index (χ3n) is 4.05. The van der Waals surface area contributed by atoms with Gasteiger partial charge in [-0.1, -0.05) is 0 Å². The lowest BCUT2D eigenvalue weighted by Gasteiger charge is -2.06. The fraction of sp³-hybridized carbons (Fsp3) is 0.105. The van der Waals surface area contributed by atoms with Gasteiger partial charge in [0.25, 0.3) is 0 Å². The first kappa shape index (κ1) is 14.8. The van der Waals surface area contributed by atoms with Crippen LogP contribution in [0, 0.1) is 0 Å². The standard InChI is InChI=1S/C19H16N2O2S/c1-23-17-6-12(5-16(22)8-17)4-15-10-21-19-18(15)7-14(9-20-19)13-2-3-24-11-13/h2-3,5-11,22H,4H2,1H3,(H,20,21). The lowest BCUT2D eigenvalue weighted by atomic mass is 10.0. The molecule has 0 aliphatic carbocycles. The lowest BCUT2D eigenvalue weighted by molar-refractivity contribution is 0.407. The smallest absolute Gasteiger partial charge is 0.137 e. The number of methoxy groups -OCH3 is 1. The maximum atomic E-state index is 9.84. The first-order valence-corrected chi connectivity index (χ1v) is 8.53. The number of hydrogen-bond acceptors (Lipinski definition) is 4. The third-order valence-corrected chi connectivity index (χ3v) is 4.74. The maximum Gasteiger partial charge on any atom is 0.137 e. The second-order valence-electron chi connectivity index (χ2n) is 5.66. The summed E-state index contributed by atoms with van der Waals surface area (Å²) in [5.74, 6) is 0.864. The van der Waals surface area contributed by atoms with Crippen LogP contribution in [-0.2, 0) is 6.42 Å². The Bertz CT molecular complexity index is 990. The number of ether oxygens (including phenoxy) is 1. The van der Waals surface area contributed by atoms with E-state index < -0.39 is 0 Å². The highest BCUT2D eigenvalue weighted by Crippen LogP contribution is 2.29. The van der Waals surface area contributed by atoms with Gasteiger partial charge in [-0.25, -0.2) is 4.98 Å². The number of aromatic nitrogens is 2. The zero-order chi connectivity index (χ0) is 16.5. The van der Waals surface area contributed by atoms with E-state index in [2.05, 4.69) is 32.9 Å². The van der Waals surface area contributed by atoms with Crippen molar-refractivity contribution in [3.8, 4) is 22.6 Å². The molecule has 4 nitrogen and oxygen atoms in total. The predicted molar refractivity (Wildman–Crippen MR) is 96.9 cm³/mol. The van der Waals surface area contributed by atoms with Gasteiger partial charge in [-0.15, -0.1) is 0 Å². The van der Waals surface area contributed by atoms with E-state index in [4.69, 9.17) is 4.74 Å². The quantitative estimate of drug-likeness (QED) is 0.573. The molecule has 0 atom stereocenters. The van der Waals surface area contributed by atoms with Gasteiger partial charge in [0.2, 0.25) is 0 Å². The van der Waals surface area contributed by atoms with Crippen LogP contribution in [0.15, 0.2) is 53.5 Å². The molecule has 0 fully saturated rings. The summed E-state index contributed by atoms with van der Waals surface area (Å²) in [5.41, 5.74) is 5.30. The Kier molecular flexibility index (Phi) is 3.70. The Morgan fingerprint density at radius 1 is 1.21 bits per heavy atom. The number of aromatic amines is 1. The predicted octanol–water partition coefficient (Wildman–Crippen LogP) is 4.60. The molecule has 5 heteroatoms. The molecule has 1 aromatic carbocycles. The highest BCUT2D eigenvalue weighted by molar-refractivity contribution is 7.08. The summed E-state index contributed by atoms with van der Waals surface area (Å²) in [6, 6.07) is 9.57. The van der Waals surface area contributed by atoms with Crippen molar-refractivity contribution in [3.05, 3.63) is 64.6 Å². The number of rotatable bonds is 4. The molecule has 4 aromatic rings. The van der Waals surface area contributed by atoms with E-state index in [9.17, 15) is 5.11 Å². The van der Waals surface area contributed by atoms with Crippen molar-refractivity contribution >= 4 is 22.4 Å². The SMILES string of the molecule is COc1cc(O)cc(Cc2c[nH]c3ncc(-c4ccsc4)cc23)c1. The molecule has 3 heterocycles. The lowest BCUT2D eigenvalue weighted by Crippen LogP contribution is -1.90. The molecule has 3 aromatic heterocycles. The summed E-state index contributed by atoms with van der Waals surface area (Å²) in [4.78, 5) is 7.75. The van der Waals surface area contributed by atoms with Crippen LogP contribution in [0.5, 0.6) is 11.5 Å². The van der Waals surface area contributed by atoms with Crippen LogP contribution in [0.25, 0.3) is 22.2 Å². The molecule has 0 saturated heterocycles. The summed E-state index contributed by atoms with van der Waals surface area (Å²) >= 11 is 1.68. The number of pyridine rings is 1. The molecule has 0 bridgehead atoms. The Hall–Kier alpha value is -2.79. The van der Waals surface area contributed by atoms with Gasteiger partial charge >= 0.3 is 0 Å². The molecule has 0 unspecified atom stereocenters. The Balaban J connectivity index is 1.74. The number of hydrogen-bond donors (Lipinski definition) is 2. The largest absolute Gasteiger partial charge is 0.508 e. The van der Waals surface area contributed by atoms with Crippen molar-refractivity contribution in [3.63, 3.8) is 0 Å². The molecule has 0 radical (unpaired) electrons. The normalized spacial score (nSPS) is 11.0. The minimum atomic E-state index is 0.210. The number of aromatic hydroxyl groups is 1. The average molecular weight is 336 g/mol. The van der Waals surface area contributed by atoms with E-state index in [1.165, 1.54) is 5.56 Å². The molecular formula is C19H16N2O2S. The van der Waals surface area contributed by atoms with Gasteiger partial charge < -0.3 is 14.8 Å². The highest BCUT2D eigenvalue weighted by atomic mass is 32.1. The van der Waals surface area contributed by atoms with Gasteiger partial charge in [0.05, 0.1) is 7.11 Å². The number of phenols is 1. The van der Waals surface area contributed by atoms with Crippen molar-refractivity contribution in [2.45, 2.75) is 6.42 Å². The molecule has 0 amide bonds. The van der Waals surface area contributed by atoms with E-state index >= 15 is 0 Å². The molecule has 2 N–H and O–H groups in total. The van der Waals surface area contributed by atoms with Gasteiger partial charge in [-0.05, 0) is 58.1 Å². The van der Waals surface area contributed by atoms with Crippen LogP contribution in [0.4, 0.5) is 0 Å². The van der Waals surface area contributed by atoms with Crippen LogP contribution in [0.3, 0.4) is 0 Å². The molecule has 0 aliphatic rings. The first-order valence-electron chi connectivity index (χ1n) is 7.58. The average Bonchev–Trinajstić information content (AvgIpc) is 3.24. The zero-order valence-electron chi connectivity index (χ0n) is 13.1. The Morgan fingerprint density at radius 2 is 2.12 bits per heavy atom. The Morgan fingerprint density at radius 3 is 2.92 bits per heavy atom. The topological polar surface area (TPSA) is 58.1 Å². The fourth-order valence-corrected chi connectivity index (χ4v) is 3.54. The molecule has 0 saturated carbocycles. The first-order chi connectivity index (χ1) is 11.7. The van der Waals surface area contributed by atoms with Gasteiger partial charge in [-0.3, -0.25) is 0 Å². The number of phenolic OH excluding ortho intramolecular Hbond substituents is 1. The van der Waals surface area contributed by atoms with Gasteiger partial charge in [0.15, 0.2) is 0 Å². The van der Waals surface area contributed by atoms with Crippen molar-refractivity contribution in [2.24, 2.45) is 0 Å². The van der Waals surface area contributed by atoms with Crippen LogP contribution < -0.4 is 4.74 Å². The molecule has 24 heavy (non-hydrogen) atoms. The summed E-state index contributed by atoms with van der Waals surface area (Å²) < 4.78 is 5.23. The number of fused-ring (bicyclic) bond motifs is 1. The van der Waals surface area contributed by atoms with Crippen molar-refractivity contribution in [2.75, 3.05) is 7.11 Å². The molecule has 0 aliphatic heterocycles. The molecule has 4 rings (SSSR count). The van der Waals surface area contributed by atoms with Gasteiger partial charge in [0, 0.05) is 29.4 Å². The van der Waals surface area contributed by atoms with Crippen LogP contribution in [-0.4, -0.2) is 22.2 Å². The summed E-state index contributed by atoms with van der Waals surface area (Å²) in [7, 11) is 1.60. The number of nitrogens with zero attached hydrogens (tertiary/aromatic N) is 1. The fourth-order valence-electron chi connectivity index (χ4n) is 2.87. The van der Waals surface area contributed by atoms with Crippen LogP contribution >= 0.6 is 11.3 Å². The maximum absolute atomic E-state index is 9.84. The van der Waals surface area contributed by atoms with E-state index in [0.717, 1.165) is 27.7 Å². The number of H-pyrrole nitrogens is 1. The van der Waals surface area contributed by atoms with E-state index in [-0.39, 0.29) is 5.75 Å². The van der Waals surface area contributed by atoms with E-state index in [1.807, 2.05) is 18.5 Å². The molecular weight excluding hydrogens is 320 g/mol. The number of nitrogens with one attached hydrogen (secondary N) is 1. The van der Waals surface area contributed by atoms with Crippen LogP contribution in [0.2, 0.25) is 0 Å². The minimum Gasteiger partial charge on any atom is -0.508 e. The minimum absolute atomic E-state index is 0.210. The highest BCUT2D eigenvalue weighted by Gasteiger charge is 2.09. The summed E-state index contributed by atoms with van der Waals surface area (Å²) in [6.45, 7) is 0. The van der Waals surface area contributed by atoms with E-state index in [0.29, 0.717) is 12.2 Å². The summed E-state index contributed by atoms with van der Waals surface area (Å²) in [6.07, 6.45) is 4.56. The van der Waals surface area contributed by atoms with Gasteiger partial charge in [0.1, 0.15) is 17.1 Å². The number of benzene rings is 1. The Labute approximate surface area is 143 Å².